The van der Waals surface area contributed by atoms with Crippen LogP contribution in [0.25, 0.3) is 0 Å². The Labute approximate surface area is 155 Å². The van der Waals surface area contributed by atoms with Gasteiger partial charge in [0.15, 0.2) is 23.1 Å². The molecule has 6 nitrogen and oxygen atoms in total. The van der Waals surface area contributed by atoms with Crippen molar-refractivity contribution in [2.24, 2.45) is 5.92 Å². The van der Waals surface area contributed by atoms with Crippen molar-refractivity contribution < 1.29 is 28.5 Å². The zero-order valence-corrected chi connectivity index (χ0v) is 14.8. The fourth-order valence-corrected chi connectivity index (χ4v) is 3.51. The lowest BCUT2D eigenvalue weighted by molar-refractivity contribution is 0.0234. The monoisotopic (exact) mass is 373 g/mol. The molecule has 1 atom stereocenters. The van der Waals surface area contributed by atoms with Gasteiger partial charge in [0.05, 0.1) is 19.3 Å². The molecule has 4 rings (SSSR count). The lowest BCUT2D eigenvalue weighted by Crippen LogP contribution is -2.41. The second-order valence-electron chi connectivity index (χ2n) is 6.80. The molecule has 1 unspecified atom stereocenters. The topological polar surface area (TPSA) is 77.0 Å². The molecule has 2 aliphatic rings. The van der Waals surface area contributed by atoms with Crippen molar-refractivity contribution in [3.63, 3.8) is 0 Å². The Balaban J connectivity index is 1.58. The Bertz CT molecular complexity index is 865. The normalized spacial score (nSPS) is 21.3. The zero-order valence-electron chi connectivity index (χ0n) is 14.8. The van der Waals surface area contributed by atoms with Gasteiger partial charge in [-0.15, -0.1) is 0 Å². The molecule has 0 saturated heterocycles. The van der Waals surface area contributed by atoms with Crippen LogP contribution in [0.5, 0.6) is 17.2 Å². The maximum atomic E-state index is 14.2. The summed E-state index contributed by atoms with van der Waals surface area (Å²) in [6.07, 6.45) is 0.725. The van der Waals surface area contributed by atoms with Gasteiger partial charge in [-0.25, -0.2) is 4.39 Å². The van der Waals surface area contributed by atoms with Crippen molar-refractivity contribution in [3.05, 3.63) is 53.3 Å². The van der Waals surface area contributed by atoms with Crippen LogP contribution in [0.4, 0.5) is 4.39 Å². The van der Waals surface area contributed by atoms with Crippen molar-refractivity contribution >= 4 is 5.91 Å². The summed E-state index contributed by atoms with van der Waals surface area (Å²) in [5, 5.41) is 12.6. The minimum Gasteiger partial charge on any atom is -0.494 e. The third-order valence-electron chi connectivity index (χ3n) is 5.08. The summed E-state index contributed by atoms with van der Waals surface area (Å²) in [6, 6.07) is 9.20. The fraction of sp³-hybridized carbons (Fsp3) is 0.350. The molecule has 1 aliphatic heterocycles. The van der Waals surface area contributed by atoms with Gasteiger partial charge in [0.2, 0.25) is 6.79 Å². The molecule has 1 amide bonds. The predicted octanol–water partition coefficient (Wildman–Crippen LogP) is 2.81. The number of hydrogen-bond acceptors (Lipinski definition) is 5. The number of nitrogens with one attached hydrogen (secondary N) is 1. The Hall–Kier alpha value is -2.80. The van der Waals surface area contributed by atoms with E-state index in [1.165, 1.54) is 13.2 Å². The first-order valence-corrected chi connectivity index (χ1v) is 8.77. The van der Waals surface area contributed by atoms with E-state index in [-0.39, 0.29) is 30.5 Å². The van der Waals surface area contributed by atoms with Crippen LogP contribution < -0.4 is 19.5 Å². The number of methoxy groups -OCH3 is 1. The van der Waals surface area contributed by atoms with Crippen LogP contribution in [-0.2, 0) is 0 Å². The third-order valence-corrected chi connectivity index (χ3v) is 5.08. The summed E-state index contributed by atoms with van der Waals surface area (Å²) in [5.74, 6) is 0.517. The molecule has 0 bridgehead atoms. The number of aliphatic hydroxyl groups is 1. The van der Waals surface area contributed by atoms with E-state index < -0.39 is 11.9 Å². The average molecular weight is 373 g/mol. The first kappa shape index (κ1) is 17.6. The first-order valence-electron chi connectivity index (χ1n) is 8.77. The molecule has 1 heterocycles. The van der Waals surface area contributed by atoms with Crippen LogP contribution in [0.3, 0.4) is 0 Å². The van der Waals surface area contributed by atoms with Gasteiger partial charge in [-0.2, -0.15) is 0 Å². The number of aliphatic hydroxyl groups excluding tert-OH is 1. The summed E-state index contributed by atoms with van der Waals surface area (Å²) in [4.78, 5) is 12.8. The van der Waals surface area contributed by atoms with Gasteiger partial charge < -0.3 is 24.6 Å². The van der Waals surface area contributed by atoms with Gasteiger partial charge in [0.25, 0.3) is 5.91 Å². The van der Waals surface area contributed by atoms with E-state index in [0.717, 1.165) is 0 Å². The molecule has 2 N–H and O–H groups in total. The van der Waals surface area contributed by atoms with Crippen LogP contribution in [-0.4, -0.2) is 31.0 Å². The number of amides is 1. The van der Waals surface area contributed by atoms with Crippen LogP contribution in [0.2, 0.25) is 0 Å². The van der Waals surface area contributed by atoms with Crippen molar-refractivity contribution in [2.75, 3.05) is 13.9 Å². The van der Waals surface area contributed by atoms with Crippen LogP contribution in [0, 0.1) is 11.7 Å². The van der Waals surface area contributed by atoms with Crippen molar-refractivity contribution in [1.29, 1.82) is 0 Å². The van der Waals surface area contributed by atoms with E-state index in [4.69, 9.17) is 14.2 Å². The maximum Gasteiger partial charge on any atom is 0.251 e. The van der Waals surface area contributed by atoms with E-state index >= 15 is 0 Å². The molecule has 142 valence electrons. The highest BCUT2D eigenvalue weighted by molar-refractivity contribution is 5.95. The van der Waals surface area contributed by atoms with Crippen molar-refractivity contribution in [1.82, 2.24) is 5.32 Å². The second kappa shape index (κ2) is 7.08. The predicted molar refractivity (Wildman–Crippen MR) is 94.5 cm³/mol. The quantitative estimate of drug-likeness (QED) is 0.843. The molecule has 7 heteroatoms. The smallest absolute Gasteiger partial charge is 0.251 e. The summed E-state index contributed by atoms with van der Waals surface area (Å²) in [5.41, 5.74) is 1.07. The maximum absolute atomic E-state index is 14.2. The van der Waals surface area contributed by atoms with E-state index in [0.29, 0.717) is 35.5 Å². The minimum atomic E-state index is -0.489. The number of ether oxygens (including phenoxy) is 3. The van der Waals surface area contributed by atoms with Gasteiger partial charge in [-0.1, -0.05) is 6.07 Å². The Morgan fingerprint density at radius 2 is 2.00 bits per heavy atom. The summed E-state index contributed by atoms with van der Waals surface area (Å²) in [7, 11) is 1.40. The van der Waals surface area contributed by atoms with Gasteiger partial charge in [0.1, 0.15) is 0 Å². The Morgan fingerprint density at radius 1 is 1.22 bits per heavy atom. The average Bonchev–Trinajstić information content (AvgIpc) is 3.11. The largest absolute Gasteiger partial charge is 0.494 e. The van der Waals surface area contributed by atoms with Crippen molar-refractivity contribution in [3.8, 4) is 17.2 Å². The van der Waals surface area contributed by atoms with E-state index in [1.807, 2.05) is 0 Å². The van der Waals surface area contributed by atoms with Crippen LogP contribution in [0.15, 0.2) is 36.4 Å². The number of carbonyl (C=O) groups is 1. The van der Waals surface area contributed by atoms with E-state index in [9.17, 15) is 14.3 Å². The number of fused-ring (bicyclic) bond motifs is 1. The fourth-order valence-electron chi connectivity index (χ4n) is 3.51. The molecule has 0 spiro atoms. The van der Waals surface area contributed by atoms with E-state index in [1.54, 1.807) is 30.3 Å². The van der Waals surface area contributed by atoms with Gasteiger partial charge in [-0.05, 0) is 54.7 Å². The van der Waals surface area contributed by atoms with Crippen LogP contribution >= 0.6 is 0 Å². The second-order valence-corrected chi connectivity index (χ2v) is 6.80. The molecule has 2 aromatic rings. The highest BCUT2D eigenvalue weighted by atomic mass is 19.1. The highest BCUT2D eigenvalue weighted by Gasteiger charge is 2.36. The zero-order chi connectivity index (χ0) is 19.0. The summed E-state index contributed by atoms with van der Waals surface area (Å²) < 4.78 is 29.7. The molecule has 27 heavy (non-hydrogen) atoms. The number of halogens is 1. The van der Waals surface area contributed by atoms with Gasteiger partial charge in [-0.3, -0.25) is 4.79 Å². The minimum absolute atomic E-state index is 0.0331. The molecular formula is C20H20FNO5. The Morgan fingerprint density at radius 3 is 2.70 bits per heavy atom. The van der Waals surface area contributed by atoms with Gasteiger partial charge >= 0.3 is 0 Å². The van der Waals surface area contributed by atoms with Crippen LogP contribution in [0.1, 0.15) is 34.8 Å². The molecular weight excluding hydrogens is 353 g/mol. The number of rotatable bonds is 5. The molecule has 1 aliphatic carbocycles. The number of benzene rings is 2. The summed E-state index contributed by atoms with van der Waals surface area (Å²) >= 11 is 0. The molecule has 0 aromatic heterocycles. The highest BCUT2D eigenvalue weighted by Crippen LogP contribution is 2.39. The lowest BCUT2D eigenvalue weighted by Gasteiger charge is -2.38. The molecule has 1 saturated carbocycles. The summed E-state index contributed by atoms with van der Waals surface area (Å²) in [6.45, 7) is 0.133. The molecule has 0 radical (unpaired) electrons. The number of carbonyl (C=O) groups excluding carboxylic acids is 1. The molecule has 2 aromatic carbocycles. The standard InChI is InChI=1S/C20H20FNO5/c1-25-16-4-2-11(8-15(16)21)19(13-6-14(23)7-13)22-20(24)12-3-5-17-18(9-12)27-10-26-17/h2-5,8-9,13-14,19,23H,6-7,10H2,1H3,(H,22,24). The third kappa shape index (κ3) is 3.42. The lowest BCUT2D eigenvalue weighted by atomic mass is 9.75. The molecule has 1 fully saturated rings. The van der Waals surface area contributed by atoms with E-state index in [2.05, 4.69) is 5.32 Å². The Kier molecular flexibility index (Phi) is 4.61. The van der Waals surface area contributed by atoms with Gasteiger partial charge in [0, 0.05) is 5.56 Å². The van der Waals surface area contributed by atoms with Crippen molar-refractivity contribution in [2.45, 2.75) is 25.0 Å². The first-order chi connectivity index (χ1) is 13.0. The number of hydrogen-bond donors (Lipinski definition) is 2. The SMILES string of the molecule is COc1ccc(C(NC(=O)c2ccc3c(c2)OCO3)C2CC(O)C2)cc1F.